The van der Waals surface area contributed by atoms with Gasteiger partial charge in [0.25, 0.3) is 0 Å². The van der Waals surface area contributed by atoms with Crippen molar-refractivity contribution in [2.24, 2.45) is 23.7 Å². The van der Waals surface area contributed by atoms with Gasteiger partial charge in [-0.05, 0) is 56.3 Å². The van der Waals surface area contributed by atoms with Crippen LogP contribution in [0.3, 0.4) is 0 Å². The van der Waals surface area contributed by atoms with Crippen molar-refractivity contribution >= 4 is 0 Å². The van der Waals surface area contributed by atoms with E-state index < -0.39 is 0 Å². The van der Waals surface area contributed by atoms with E-state index in [9.17, 15) is 15.3 Å². The number of rotatable bonds is 3. The molecule has 3 rings (SSSR count). The molecular weight excluding hydrogens is 290 g/mol. The van der Waals surface area contributed by atoms with Gasteiger partial charge in [0.05, 0.1) is 0 Å². The van der Waals surface area contributed by atoms with Gasteiger partial charge in [-0.3, -0.25) is 0 Å². The van der Waals surface area contributed by atoms with Gasteiger partial charge in [0, 0.05) is 29.8 Å². The van der Waals surface area contributed by atoms with E-state index in [0.29, 0.717) is 18.0 Å². The Morgan fingerprint density at radius 2 is 1.74 bits per heavy atom. The van der Waals surface area contributed by atoms with Crippen LogP contribution in [0, 0.1) is 23.7 Å². The second kappa shape index (κ2) is 5.90. The van der Waals surface area contributed by atoms with E-state index in [2.05, 4.69) is 26.1 Å². The molecule has 2 saturated carbocycles. The van der Waals surface area contributed by atoms with Crippen LogP contribution in [0.2, 0.25) is 0 Å². The number of phenolic OH excluding ortho intramolecular Hbond substituents is 3. The average molecular weight is 319 g/mol. The number of phenols is 3. The van der Waals surface area contributed by atoms with E-state index in [-0.39, 0.29) is 22.8 Å². The van der Waals surface area contributed by atoms with Crippen molar-refractivity contribution in [1.82, 2.24) is 5.32 Å². The first-order valence-electron chi connectivity index (χ1n) is 8.76. The lowest BCUT2D eigenvalue weighted by atomic mass is 9.62. The van der Waals surface area contributed by atoms with Crippen LogP contribution in [-0.2, 0) is 6.54 Å². The average Bonchev–Trinajstić information content (AvgIpc) is 2.52. The van der Waals surface area contributed by atoms with E-state index in [4.69, 9.17) is 0 Å². The zero-order valence-electron chi connectivity index (χ0n) is 14.3. The summed E-state index contributed by atoms with van der Waals surface area (Å²) in [4.78, 5) is 0. The van der Waals surface area contributed by atoms with E-state index in [1.165, 1.54) is 25.0 Å². The van der Waals surface area contributed by atoms with Crippen molar-refractivity contribution in [1.29, 1.82) is 0 Å². The third-order valence-electron chi connectivity index (χ3n) is 6.08. The number of nitrogens with one attached hydrogen (secondary N) is 1. The van der Waals surface area contributed by atoms with Gasteiger partial charge < -0.3 is 20.6 Å². The van der Waals surface area contributed by atoms with E-state index in [0.717, 1.165) is 30.6 Å². The molecule has 0 amide bonds. The molecule has 4 heteroatoms. The molecule has 2 aliphatic carbocycles. The zero-order chi connectivity index (χ0) is 16.8. The Bertz CT molecular complexity index is 565. The van der Waals surface area contributed by atoms with Crippen molar-refractivity contribution in [3.63, 3.8) is 0 Å². The molecule has 1 aromatic carbocycles. The molecule has 5 atom stereocenters. The smallest absolute Gasteiger partial charge is 0.127 e. The molecule has 4 nitrogen and oxygen atoms in total. The molecular formula is C19H29NO3. The number of benzene rings is 1. The highest BCUT2D eigenvalue weighted by molar-refractivity contribution is 5.48. The van der Waals surface area contributed by atoms with Crippen molar-refractivity contribution in [2.75, 3.05) is 0 Å². The number of aromatic hydroxyl groups is 3. The Kier molecular flexibility index (Phi) is 4.21. The Morgan fingerprint density at radius 1 is 1.09 bits per heavy atom. The van der Waals surface area contributed by atoms with Crippen LogP contribution in [0.5, 0.6) is 17.2 Å². The van der Waals surface area contributed by atoms with Crippen LogP contribution in [0.15, 0.2) is 12.1 Å². The standard InChI is InChI=1S/C19H29NO3/c1-11-4-15-12(2)5-13(15)9-19(3,8-11)20-10-16-17(22)6-14(21)7-18(16)23/h6-7,11-13,15,20-23H,4-5,8-10H2,1-3H3. The van der Waals surface area contributed by atoms with E-state index >= 15 is 0 Å². The topological polar surface area (TPSA) is 72.7 Å². The minimum Gasteiger partial charge on any atom is -0.508 e. The van der Waals surface area contributed by atoms with Gasteiger partial charge in [0.1, 0.15) is 17.2 Å². The monoisotopic (exact) mass is 319 g/mol. The van der Waals surface area contributed by atoms with Crippen LogP contribution < -0.4 is 5.32 Å². The highest BCUT2D eigenvalue weighted by atomic mass is 16.3. The number of hydrogen-bond donors (Lipinski definition) is 4. The molecule has 2 fully saturated rings. The molecule has 0 radical (unpaired) electrons. The summed E-state index contributed by atoms with van der Waals surface area (Å²) in [6, 6.07) is 2.55. The molecule has 1 aromatic rings. The van der Waals surface area contributed by atoms with Gasteiger partial charge in [-0.25, -0.2) is 0 Å². The minimum absolute atomic E-state index is 0.0236. The molecule has 128 valence electrons. The lowest BCUT2D eigenvalue weighted by Gasteiger charge is -2.45. The predicted molar refractivity (Wildman–Crippen MR) is 90.5 cm³/mol. The second-order valence-electron chi connectivity index (χ2n) is 8.26. The molecule has 5 unspecified atom stereocenters. The van der Waals surface area contributed by atoms with Crippen LogP contribution in [0.4, 0.5) is 0 Å². The first-order chi connectivity index (χ1) is 10.8. The lowest BCUT2D eigenvalue weighted by Crippen LogP contribution is -2.46. The third kappa shape index (κ3) is 3.27. The molecule has 0 saturated heterocycles. The molecule has 0 aromatic heterocycles. The summed E-state index contributed by atoms with van der Waals surface area (Å²) in [5.74, 6) is 2.97. The summed E-state index contributed by atoms with van der Waals surface area (Å²) in [5, 5.41) is 32.9. The maximum absolute atomic E-state index is 9.97. The fraction of sp³-hybridized carbons (Fsp3) is 0.684. The quantitative estimate of drug-likeness (QED) is 0.685. The van der Waals surface area contributed by atoms with E-state index in [1.807, 2.05) is 0 Å². The van der Waals surface area contributed by atoms with Crippen molar-refractivity contribution in [3.8, 4) is 17.2 Å². The van der Waals surface area contributed by atoms with Gasteiger partial charge in [0.2, 0.25) is 0 Å². The SMILES string of the molecule is CC1CC2C(C)CC2CC(C)(NCc2c(O)cc(O)cc2O)C1. The second-order valence-corrected chi connectivity index (χ2v) is 8.26. The number of fused-ring (bicyclic) bond motifs is 1. The highest BCUT2D eigenvalue weighted by Gasteiger charge is 2.45. The van der Waals surface area contributed by atoms with Gasteiger partial charge in [-0.2, -0.15) is 0 Å². The molecule has 0 spiro atoms. The van der Waals surface area contributed by atoms with Crippen molar-refractivity contribution in [3.05, 3.63) is 17.7 Å². The normalized spacial score (nSPS) is 36.8. The summed E-state index contributed by atoms with van der Waals surface area (Å²) in [6.07, 6.45) is 4.92. The highest BCUT2D eigenvalue weighted by Crippen LogP contribution is 2.51. The van der Waals surface area contributed by atoms with Crippen molar-refractivity contribution in [2.45, 2.75) is 58.5 Å². The largest absolute Gasteiger partial charge is 0.508 e. The number of hydrogen-bond acceptors (Lipinski definition) is 4. The van der Waals surface area contributed by atoms with Crippen LogP contribution in [0.25, 0.3) is 0 Å². The first kappa shape index (κ1) is 16.4. The Hall–Kier alpha value is -1.42. The van der Waals surface area contributed by atoms with Gasteiger partial charge in [-0.15, -0.1) is 0 Å². The summed E-state index contributed by atoms with van der Waals surface area (Å²) >= 11 is 0. The van der Waals surface area contributed by atoms with E-state index in [1.54, 1.807) is 0 Å². The van der Waals surface area contributed by atoms with Gasteiger partial charge in [0.15, 0.2) is 0 Å². The summed E-state index contributed by atoms with van der Waals surface area (Å²) in [5.41, 5.74) is 0.481. The lowest BCUT2D eigenvalue weighted by molar-refractivity contribution is 0.0596. The molecule has 0 heterocycles. The molecule has 0 aliphatic heterocycles. The zero-order valence-corrected chi connectivity index (χ0v) is 14.3. The first-order valence-corrected chi connectivity index (χ1v) is 8.76. The minimum atomic E-state index is -0.121. The fourth-order valence-electron chi connectivity index (χ4n) is 4.99. The molecule has 23 heavy (non-hydrogen) atoms. The fourth-order valence-corrected chi connectivity index (χ4v) is 4.99. The summed E-state index contributed by atoms with van der Waals surface area (Å²) in [6.45, 7) is 7.39. The Labute approximate surface area is 138 Å². The van der Waals surface area contributed by atoms with Crippen LogP contribution >= 0.6 is 0 Å². The molecule has 0 bridgehead atoms. The Morgan fingerprint density at radius 3 is 2.35 bits per heavy atom. The Balaban J connectivity index is 1.72. The van der Waals surface area contributed by atoms with Gasteiger partial charge >= 0.3 is 0 Å². The van der Waals surface area contributed by atoms with Gasteiger partial charge in [-0.1, -0.05) is 13.8 Å². The predicted octanol–water partition coefficient (Wildman–Crippen LogP) is 3.74. The van der Waals surface area contributed by atoms with Crippen molar-refractivity contribution < 1.29 is 15.3 Å². The maximum atomic E-state index is 9.97. The van der Waals surface area contributed by atoms with Crippen LogP contribution in [0.1, 0.15) is 52.0 Å². The van der Waals surface area contributed by atoms with Crippen LogP contribution in [-0.4, -0.2) is 20.9 Å². The third-order valence-corrected chi connectivity index (χ3v) is 6.08. The molecule has 2 aliphatic rings. The summed E-state index contributed by atoms with van der Waals surface area (Å²) < 4.78 is 0. The summed E-state index contributed by atoms with van der Waals surface area (Å²) in [7, 11) is 0. The molecule has 4 N–H and O–H groups in total. The maximum Gasteiger partial charge on any atom is 0.127 e.